The molecule has 2 aliphatic rings. The molecule has 1 fully saturated rings. The van der Waals surface area contributed by atoms with Crippen molar-refractivity contribution in [2.75, 3.05) is 6.54 Å². The smallest absolute Gasteiger partial charge is 0.0459 e. The number of para-hydroxylation sites is 1. The molecule has 0 atom stereocenters. The van der Waals surface area contributed by atoms with E-state index in [1.165, 1.54) is 48.8 Å². The summed E-state index contributed by atoms with van der Waals surface area (Å²) in [7, 11) is 0. The number of rotatable bonds is 0. The summed E-state index contributed by atoms with van der Waals surface area (Å²) in [5.41, 5.74) is 4.80. The molecule has 1 aromatic carbocycles. The lowest BCUT2D eigenvalue weighted by atomic mass is 9.75. The highest BCUT2D eigenvalue weighted by Gasteiger charge is 2.41. The van der Waals surface area contributed by atoms with Crippen molar-refractivity contribution in [3.8, 4) is 0 Å². The molecule has 4 rings (SSSR count). The largest absolute Gasteiger partial charge is 0.357 e. The molecular formula is C15H18N2. The number of nitrogens with one attached hydrogen (secondary N) is 2. The molecule has 1 aliphatic carbocycles. The van der Waals surface area contributed by atoms with Gasteiger partial charge in [-0.15, -0.1) is 0 Å². The molecule has 2 aromatic rings. The molecule has 0 unspecified atom stereocenters. The molecule has 2 heterocycles. The third-order valence-electron chi connectivity index (χ3n) is 4.64. The van der Waals surface area contributed by atoms with E-state index in [-0.39, 0.29) is 0 Å². The maximum absolute atomic E-state index is 3.60. The van der Waals surface area contributed by atoms with Crippen molar-refractivity contribution in [2.45, 2.75) is 37.6 Å². The second-order valence-electron chi connectivity index (χ2n) is 5.62. The van der Waals surface area contributed by atoms with E-state index < -0.39 is 0 Å². The van der Waals surface area contributed by atoms with Crippen LogP contribution in [0.2, 0.25) is 0 Å². The van der Waals surface area contributed by atoms with E-state index in [1.54, 1.807) is 5.56 Å². The highest BCUT2D eigenvalue weighted by Crippen LogP contribution is 2.46. The molecule has 2 heteroatoms. The highest BCUT2D eigenvalue weighted by atomic mass is 14.9. The van der Waals surface area contributed by atoms with Gasteiger partial charge in [-0.25, -0.2) is 0 Å². The van der Waals surface area contributed by atoms with Crippen LogP contribution in [0, 0.1) is 0 Å². The number of hydrogen-bond donors (Lipinski definition) is 2. The normalized spacial score (nSPS) is 22.1. The van der Waals surface area contributed by atoms with Gasteiger partial charge >= 0.3 is 0 Å². The van der Waals surface area contributed by atoms with E-state index in [1.807, 2.05) is 0 Å². The maximum atomic E-state index is 3.60. The summed E-state index contributed by atoms with van der Waals surface area (Å²) in [6.45, 7) is 2.17. The average Bonchev–Trinajstić information content (AvgIpc) is 2.94. The molecular weight excluding hydrogens is 208 g/mol. The number of H-pyrrole nitrogens is 1. The van der Waals surface area contributed by atoms with Crippen molar-refractivity contribution in [2.24, 2.45) is 0 Å². The Kier molecular flexibility index (Phi) is 1.92. The first-order chi connectivity index (χ1) is 8.39. The van der Waals surface area contributed by atoms with Crippen LogP contribution >= 0.6 is 0 Å². The van der Waals surface area contributed by atoms with E-state index in [4.69, 9.17) is 0 Å². The molecule has 1 aromatic heterocycles. The zero-order valence-electron chi connectivity index (χ0n) is 10.1. The van der Waals surface area contributed by atoms with E-state index in [2.05, 4.69) is 34.6 Å². The third kappa shape index (κ3) is 1.25. The number of aromatic amines is 1. The van der Waals surface area contributed by atoms with Crippen LogP contribution in [0.5, 0.6) is 0 Å². The van der Waals surface area contributed by atoms with E-state index in [0.717, 1.165) is 6.54 Å². The van der Waals surface area contributed by atoms with Gasteiger partial charge < -0.3 is 10.3 Å². The van der Waals surface area contributed by atoms with E-state index in [9.17, 15) is 0 Å². The molecule has 88 valence electrons. The summed E-state index contributed by atoms with van der Waals surface area (Å²) in [5.74, 6) is 0. The molecule has 17 heavy (non-hydrogen) atoms. The number of hydrogen-bond acceptors (Lipinski definition) is 1. The zero-order chi connectivity index (χ0) is 11.3. The molecule has 1 saturated carbocycles. The van der Waals surface area contributed by atoms with Crippen molar-refractivity contribution in [1.29, 1.82) is 0 Å². The van der Waals surface area contributed by atoms with Gasteiger partial charge in [0.1, 0.15) is 0 Å². The van der Waals surface area contributed by atoms with Crippen LogP contribution in [0.15, 0.2) is 24.3 Å². The Labute approximate surface area is 101 Å². The van der Waals surface area contributed by atoms with Gasteiger partial charge in [0.15, 0.2) is 0 Å². The molecule has 0 amide bonds. The fourth-order valence-corrected chi connectivity index (χ4v) is 3.93. The molecule has 2 N–H and O–H groups in total. The molecule has 0 bridgehead atoms. The van der Waals surface area contributed by atoms with Crippen LogP contribution in [-0.4, -0.2) is 11.5 Å². The Bertz CT molecular complexity index is 561. The summed E-state index contributed by atoms with van der Waals surface area (Å²) >= 11 is 0. The van der Waals surface area contributed by atoms with E-state index >= 15 is 0 Å². The summed E-state index contributed by atoms with van der Waals surface area (Å²) in [5, 5.41) is 5.07. The molecule has 1 spiro atoms. The fraction of sp³-hybridized carbons (Fsp3) is 0.467. The number of benzene rings is 1. The van der Waals surface area contributed by atoms with Gasteiger partial charge in [-0.05, 0) is 24.5 Å². The van der Waals surface area contributed by atoms with Crippen LogP contribution in [0.1, 0.15) is 36.9 Å². The lowest BCUT2D eigenvalue weighted by Crippen LogP contribution is -2.40. The van der Waals surface area contributed by atoms with Gasteiger partial charge in [-0.3, -0.25) is 0 Å². The predicted octanol–water partition coefficient (Wildman–Crippen LogP) is 3.08. The van der Waals surface area contributed by atoms with Crippen LogP contribution < -0.4 is 5.32 Å². The highest BCUT2D eigenvalue weighted by molar-refractivity contribution is 5.86. The third-order valence-corrected chi connectivity index (χ3v) is 4.64. The first-order valence-corrected chi connectivity index (χ1v) is 6.70. The molecule has 2 nitrogen and oxygen atoms in total. The number of fused-ring (bicyclic) bond motifs is 4. The fourth-order valence-electron chi connectivity index (χ4n) is 3.93. The summed E-state index contributed by atoms with van der Waals surface area (Å²) < 4.78 is 0. The SMILES string of the molecule is c1ccc2c3c([nH]c2c1)CNCC31CCCC1. The average molecular weight is 226 g/mol. The van der Waals surface area contributed by atoms with Crippen molar-refractivity contribution < 1.29 is 0 Å². The Morgan fingerprint density at radius 3 is 2.76 bits per heavy atom. The standard InChI is InChI=1S/C15H18N2/c1-2-6-12-11(5-1)14-13(17-12)9-16-10-15(14)7-3-4-8-15/h1-2,5-6,16-17H,3-4,7-10H2. The summed E-state index contributed by atoms with van der Waals surface area (Å²) in [6, 6.07) is 8.78. The summed E-state index contributed by atoms with van der Waals surface area (Å²) in [6.07, 6.45) is 5.49. The zero-order valence-corrected chi connectivity index (χ0v) is 10.1. The first kappa shape index (κ1) is 9.72. The van der Waals surface area contributed by atoms with Crippen molar-refractivity contribution in [3.05, 3.63) is 35.5 Å². The van der Waals surface area contributed by atoms with Gasteiger partial charge in [0.2, 0.25) is 0 Å². The minimum absolute atomic E-state index is 0.424. The monoisotopic (exact) mass is 226 g/mol. The molecule has 0 saturated heterocycles. The topological polar surface area (TPSA) is 27.8 Å². The molecule has 0 radical (unpaired) electrons. The Balaban J connectivity index is 2.02. The van der Waals surface area contributed by atoms with E-state index in [0.29, 0.717) is 5.41 Å². The van der Waals surface area contributed by atoms with Crippen molar-refractivity contribution in [3.63, 3.8) is 0 Å². The van der Waals surface area contributed by atoms with Crippen LogP contribution in [0.3, 0.4) is 0 Å². The van der Waals surface area contributed by atoms with Crippen molar-refractivity contribution in [1.82, 2.24) is 10.3 Å². The minimum atomic E-state index is 0.424. The van der Waals surface area contributed by atoms with Crippen LogP contribution in [0.4, 0.5) is 0 Å². The van der Waals surface area contributed by atoms with Crippen LogP contribution in [-0.2, 0) is 12.0 Å². The van der Waals surface area contributed by atoms with Gasteiger partial charge in [0.05, 0.1) is 0 Å². The number of aromatic nitrogens is 1. The van der Waals surface area contributed by atoms with Gasteiger partial charge in [0, 0.05) is 35.1 Å². The second kappa shape index (κ2) is 3.36. The van der Waals surface area contributed by atoms with Gasteiger partial charge in [-0.2, -0.15) is 0 Å². The van der Waals surface area contributed by atoms with Crippen molar-refractivity contribution >= 4 is 10.9 Å². The van der Waals surface area contributed by atoms with Crippen LogP contribution in [0.25, 0.3) is 10.9 Å². The quantitative estimate of drug-likeness (QED) is 0.710. The van der Waals surface area contributed by atoms with Gasteiger partial charge in [-0.1, -0.05) is 31.0 Å². The Morgan fingerprint density at radius 2 is 1.88 bits per heavy atom. The lowest BCUT2D eigenvalue weighted by Gasteiger charge is -2.34. The minimum Gasteiger partial charge on any atom is -0.357 e. The first-order valence-electron chi connectivity index (χ1n) is 6.70. The molecule has 1 aliphatic heterocycles. The predicted molar refractivity (Wildman–Crippen MR) is 70.2 cm³/mol. The lowest BCUT2D eigenvalue weighted by molar-refractivity contribution is 0.378. The maximum Gasteiger partial charge on any atom is 0.0459 e. The summed E-state index contributed by atoms with van der Waals surface area (Å²) in [4.78, 5) is 3.60. The Morgan fingerprint density at radius 1 is 1.06 bits per heavy atom. The van der Waals surface area contributed by atoms with Gasteiger partial charge in [0.25, 0.3) is 0 Å². The second-order valence-corrected chi connectivity index (χ2v) is 5.62. The Hall–Kier alpha value is -1.28.